The van der Waals surface area contributed by atoms with Crippen molar-refractivity contribution in [3.63, 3.8) is 0 Å². The van der Waals surface area contributed by atoms with E-state index in [2.05, 4.69) is 0 Å². The molecule has 0 atom stereocenters. The summed E-state index contributed by atoms with van der Waals surface area (Å²) >= 11 is 0. The van der Waals surface area contributed by atoms with Gasteiger partial charge in [0.25, 0.3) is 0 Å². The first kappa shape index (κ1) is 13.2. The van der Waals surface area contributed by atoms with Crippen molar-refractivity contribution in [1.82, 2.24) is 0 Å². The molecular formula is C11H8N2O5. The van der Waals surface area contributed by atoms with Crippen molar-refractivity contribution in [3.8, 4) is 11.8 Å². The highest BCUT2D eigenvalue weighted by Crippen LogP contribution is 2.33. The number of hydrogen-bond donors (Lipinski definition) is 1. The van der Waals surface area contributed by atoms with Crippen LogP contribution in [0, 0.1) is 21.4 Å². The van der Waals surface area contributed by atoms with Gasteiger partial charge in [0.1, 0.15) is 0 Å². The molecule has 92 valence electrons. The van der Waals surface area contributed by atoms with E-state index in [1.807, 2.05) is 0 Å². The van der Waals surface area contributed by atoms with Crippen molar-refractivity contribution < 1.29 is 19.6 Å². The molecule has 0 spiro atoms. The van der Waals surface area contributed by atoms with Crippen LogP contribution >= 0.6 is 0 Å². The molecule has 18 heavy (non-hydrogen) atoms. The van der Waals surface area contributed by atoms with Gasteiger partial charge in [-0.25, -0.2) is 4.79 Å². The van der Waals surface area contributed by atoms with Crippen molar-refractivity contribution in [3.05, 3.63) is 39.4 Å². The average Bonchev–Trinajstić information content (AvgIpc) is 2.34. The molecule has 1 aromatic rings. The van der Waals surface area contributed by atoms with Gasteiger partial charge in [0.15, 0.2) is 0 Å². The van der Waals surface area contributed by atoms with E-state index in [-0.39, 0.29) is 22.6 Å². The minimum Gasteiger partial charge on any atom is -0.490 e. The van der Waals surface area contributed by atoms with Crippen LogP contribution < -0.4 is 4.74 Å². The van der Waals surface area contributed by atoms with Gasteiger partial charge in [0.05, 0.1) is 23.7 Å². The Balaban J connectivity index is 3.48. The number of nitro benzene ring substituents is 1. The molecule has 0 bridgehead atoms. The molecular weight excluding hydrogens is 240 g/mol. The monoisotopic (exact) mass is 248 g/mol. The zero-order chi connectivity index (χ0) is 13.7. The Morgan fingerprint density at radius 1 is 1.61 bits per heavy atom. The number of ether oxygens (including phenoxy) is 1. The normalized spacial score (nSPS) is 10.0. The quantitative estimate of drug-likeness (QED) is 0.491. The van der Waals surface area contributed by atoms with Crippen LogP contribution in [0.15, 0.2) is 18.2 Å². The number of nitrogens with zero attached hydrogens (tertiary/aromatic N) is 2. The molecule has 0 unspecified atom stereocenters. The topological polar surface area (TPSA) is 113 Å². The van der Waals surface area contributed by atoms with Gasteiger partial charge < -0.3 is 9.84 Å². The summed E-state index contributed by atoms with van der Waals surface area (Å²) in [6.45, 7) is 0. The number of nitriles is 1. The van der Waals surface area contributed by atoms with Crippen molar-refractivity contribution in [2.75, 3.05) is 7.11 Å². The Bertz CT molecular complexity index is 572. The predicted molar refractivity (Wildman–Crippen MR) is 61.0 cm³/mol. The van der Waals surface area contributed by atoms with E-state index in [1.54, 1.807) is 6.07 Å². The van der Waals surface area contributed by atoms with Crippen LogP contribution in [0.5, 0.6) is 5.75 Å². The summed E-state index contributed by atoms with van der Waals surface area (Å²) in [4.78, 5) is 20.5. The summed E-state index contributed by atoms with van der Waals surface area (Å²) in [7, 11) is 1.23. The van der Waals surface area contributed by atoms with Crippen LogP contribution in [-0.2, 0) is 4.79 Å². The lowest BCUT2D eigenvalue weighted by atomic mass is 10.1. The molecule has 0 aliphatic heterocycles. The molecule has 0 aliphatic rings. The zero-order valence-corrected chi connectivity index (χ0v) is 9.28. The van der Waals surface area contributed by atoms with E-state index in [1.165, 1.54) is 13.2 Å². The lowest BCUT2D eigenvalue weighted by molar-refractivity contribution is -0.385. The van der Waals surface area contributed by atoms with E-state index in [0.717, 1.165) is 18.2 Å². The summed E-state index contributed by atoms with van der Waals surface area (Å²) in [5, 5.41) is 28.1. The number of aliphatic carboxylic acids is 1. The summed E-state index contributed by atoms with van der Waals surface area (Å²) in [5.41, 5.74) is -0.181. The number of rotatable bonds is 4. The van der Waals surface area contributed by atoms with Gasteiger partial charge in [0.2, 0.25) is 5.75 Å². The number of carboxylic acid groups (broad SMARTS) is 1. The molecule has 7 nitrogen and oxygen atoms in total. The third-order valence-corrected chi connectivity index (χ3v) is 2.03. The highest BCUT2D eigenvalue weighted by molar-refractivity contribution is 5.86. The first-order valence-electron chi connectivity index (χ1n) is 4.67. The molecule has 0 saturated heterocycles. The lowest BCUT2D eigenvalue weighted by Crippen LogP contribution is -1.97. The van der Waals surface area contributed by atoms with Crippen molar-refractivity contribution in [2.45, 2.75) is 0 Å². The second-order valence-electron chi connectivity index (χ2n) is 3.16. The fourth-order valence-electron chi connectivity index (χ4n) is 1.34. The Morgan fingerprint density at radius 2 is 2.28 bits per heavy atom. The second-order valence-corrected chi connectivity index (χ2v) is 3.16. The minimum absolute atomic E-state index is 0.0486. The smallest absolute Gasteiger partial charge is 0.328 e. The summed E-state index contributed by atoms with van der Waals surface area (Å²) in [5.74, 6) is -1.29. The Kier molecular flexibility index (Phi) is 3.99. The van der Waals surface area contributed by atoms with E-state index in [0.29, 0.717) is 0 Å². The Hall–Kier alpha value is -2.88. The summed E-state index contributed by atoms with van der Waals surface area (Å²) < 4.78 is 4.87. The molecule has 1 aromatic carbocycles. The summed E-state index contributed by atoms with van der Waals surface area (Å²) in [6.07, 6.45) is 1.94. The largest absolute Gasteiger partial charge is 0.490 e. The second kappa shape index (κ2) is 5.45. The van der Waals surface area contributed by atoms with Crippen LogP contribution in [0.1, 0.15) is 11.1 Å². The molecule has 1 rings (SSSR count). The molecule has 0 heterocycles. The molecule has 0 radical (unpaired) electrons. The van der Waals surface area contributed by atoms with Crippen LogP contribution in [0.2, 0.25) is 0 Å². The van der Waals surface area contributed by atoms with E-state index in [9.17, 15) is 14.9 Å². The molecule has 0 aromatic heterocycles. The SMILES string of the molecule is COc1c(/C=C/C(=O)O)cc(C#N)cc1[N+](=O)[O-]. The predicted octanol–water partition coefficient (Wildman–Crippen LogP) is 1.57. The van der Waals surface area contributed by atoms with Crippen LogP contribution in [0.25, 0.3) is 6.08 Å². The number of methoxy groups -OCH3 is 1. The standard InChI is InChI=1S/C11H8N2O5/c1-18-11-8(2-3-10(14)15)4-7(6-12)5-9(11)13(16)17/h2-5H,1H3,(H,14,15)/b3-2+. The van der Waals surface area contributed by atoms with E-state index in [4.69, 9.17) is 15.1 Å². The van der Waals surface area contributed by atoms with Gasteiger partial charge in [-0.05, 0) is 12.1 Å². The maximum atomic E-state index is 10.8. The lowest BCUT2D eigenvalue weighted by Gasteiger charge is -2.05. The number of hydrogen-bond acceptors (Lipinski definition) is 5. The van der Waals surface area contributed by atoms with E-state index < -0.39 is 10.9 Å². The average molecular weight is 248 g/mol. The zero-order valence-electron chi connectivity index (χ0n) is 9.28. The molecule has 0 amide bonds. The van der Waals surface area contributed by atoms with Crippen LogP contribution in [0.4, 0.5) is 5.69 Å². The van der Waals surface area contributed by atoms with Gasteiger partial charge in [-0.1, -0.05) is 0 Å². The Labute approximate surface area is 102 Å². The maximum absolute atomic E-state index is 10.8. The molecule has 0 saturated carbocycles. The molecule has 1 N–H and O–H groups in total. The number of carboxylic acids is 1. The molecule has 0 fully saturated rings. The van der Waals surface area contributed by atoms with Crippen LogP contribution in [-0.4, -0.2) is 23.1 Å². The number of nitro groups is 1. The maximum Gasteiger partial charge on any atom is 0.328 e. The third kappa shape index (κ3) is 2.82. The van der Waals surface area contributed by atoms with Gasteiger partial charge in [-0.3, -0.25) is 10.1 Å². The number of carbonyl (C=O) groups is 1. The van der Waals surface area contributed by atoms with Crippen LogP contribution in [0.3, 0.4) is 0 Å². The molecule has 0 aliphatic carbocycles. The first-order valence-corrected chi connectivity index (χ1v) is 4.67. The van der Waals surface area contributed by atoms with Gasteiger partial charge >= 0.3 is 11.7 Å². The summed E-state index contributed by atoms with van der Waals surface area (Å²) in [6, 6.07) is 4.14. The van der Waals surface area contributed by atoms with E-state index >= 15 is 0 Å². The Morgan fingerprint density at radius 3 is 2.72 bits per heavy atom. The van der Waals surface area contributed by atoms with Gasteiger partial charge in [0, 0.05) is 17.7 Å². The first-order chi connectivity index (χ1) is 8.49. The number of benzene rings is 1. The highest BCUT2D eigenvalue weighted by atomic mass is 16.6. The van der Waals surface area contributed by atoms with Crippen molar-refractivity contribution in [1.29, 1.82) is 5.26 Å². The highest BCUT2D eigenvalue weighted by Gasteiger charge is 2.19. The third-order valence-electron chi connectivity index (χ3n) is 2.03. The fraction of sp³-hybridized carbons (Fsp3) is 0.0909. The van der Waals surface area contributed by atoms with Gasteiger partial charge in [-0.2, -0.15) is 5.26 Å². The van der Waals surface area contributed by atoms with Crippen molar-refractivity contribution in [2.24, 2.45) is 0 Å². The molecule has 7 heteroatoms. The fourth-order valence-corrected chi connectivity index (χ4v) is 1.34. The van der Waals surface area contributed by atoms with Crippen molar-refractivity contribution >= 4 is 17.7 Å². The van der Waals surface area contributed by atoms with Gasteiger partial charge in [-0.15, -0.1) is 0 Å². The minimum atomic E-state index is -1.21.